The van der Waals surface area contributed by atoms with Gasteiger partial charge in [-0.2, -0.15) is 0 Å². The van der Waals surface area contributed by atoms with Gasteiger partial charge in [0.15, 0.2) is 0 Å². The quantitative estimate of drug-likeness (QED) is 0.845. The minimum Gasteiger partial charge on any atom is -0.465 e. The molecule has 1 aromatic carbocycles. The maximum Gasteiger partial charge on any atom is 0.337 e. The zero-order chi connectivity index (χ0) is 13.7. The fraction of sp³-hybridized carbons (Fsp3) is 0.533. The molecule has 1 N–H and O–H groups in total. The van der Waals surface area contributed by atoms with E-state index in [1.54, 1.807) is 6.07 Å². The zero-order valence-electron chi connectivity index (χ0n) is 11.7. The maximum atomic E-state index is 11.5. The number of carbonyl (C=O) groups excluding carboxylic acids is 1. The molecule has 0 saturated carbocycles. The summed E-state index contributed by atoms with van der Waals surface area (Å²) in [4.78, 5) is 13.8. The fourth-order valence-corrected chi connectivity index (χ4v) is 2.40. The SMILES string of the molecule is COC(=O)c1cccc(NCC2CCN(C)CC2)c1. The first-order valence-electron chi connectivity index (χ1n) is 6.80. The van der Waals surface area contributed by atoms with Crippen LogP contribution in [0.5, 0.6) is 0 Å². The molecule has 0 aliphatic carbocycles. The Bertz CT molecular complexity index is 426. The van der Waals surface area contributed by atoms with Crippen molar-refractivity contribution >= 4 is 11.7 Å². The lowest BCUT2D eigenvalue weighted by molar-refractivity contribution is 0.0601. The number of piperidine rings is 1. The number of likely N-dealkylation sites (tertiary alicyclic amines) is 1. The van der Waals surface area contributed by atoms with E-state index in [1.807, 2.05) is 18.2 Å². The van der Waals surface area contributed by atoms with Crippen molar-refractivity contribution < 1.29 is 9.53 Å². The van der Waals surface area contributed by atoms with Crippen LogP contribution in [0.1, 0.15) is 23.2 Å². The van der Waals surface area contributed by atoms with Crippen LogP contribution in [0.15, 0.2) is 24.3 Å². The van der Waals surface area contributed by atoms with Crippen LogP contribution in [0.4, 0.5) is 5.69 Å². The highest BCUT2D eigenvalue weighted by atomic mass is 16.5. The highest BCUT2D eigenvalue weighted by Crippen LogP contribution is 2.18. The number of carbonyl (C=O) groups is 1. The topological polar surface area (TPSA) is 41.6 Å². The number of benzene rings is 1. The van der Waals surface area contributed by atoms with Crippen molar-refractivity contribution in [3.63, 3.8) is 0 Å². The van der Waals surface area contributed by atoms with E-state index in [2.05, 4.69) is 17.3 Å². The second-order valence-electron chi connectivity index (χ2n) is 5.20. The highest BCUT2D eigenvalue weighted by molar-refractivity contribution is 5.90. The summed E-state index contributed by atoms with van der Waals surface area (Å²) >= 11 is 0. The Labute approximate surface area is 114 Å². The van der Waals surface area contributed by atoms with Gasteiger partial charge < -0.3 is 15.0 Å². The van der Waals surface area contributed by atoms with Crippen molar-refractivity contribution in [2.24, 2.45) is 5.92 Å². The maximum absolute atomic E-state index is 11.5. The van der Waals surface area contributed by atoms with Gasteiger partial charge in [0.1, 0.15) is 0 Å². The number of nitrogens with zero attached hydrogens (tertiary/aromatic N) is 1. The van der Waals surface area contributed by atoms with Crippen LogP contribution >= 0.6 is 0 Å². The molecule has 0 unspecified atom stereocenters. The van der Waals surface area contributed by atoms with E-state index in [-0.39, 0.29) is 5.97 Å². The molecule has 104 valence electrons. The van der Waals surface area contributed by atoms with Crippen LogP contribution in [0.3, 0.4) is 0 Å². The third-order valence-electron chi connectivity index (χ3n) is 3.72. The van der Waals surface area contributed by atoms with Gasteiger partial charge in [-0.25, -0.2) is 4.79 Å². The van der Waals surface area contributed by atoms with Crippen LogP contribution in [-0.2, 0) is 4.74 Å². The molecular formula is C15H22N2O2. The van der Waals surface area contributed by atoms with Crippen LogP contribution < -0.4 is 5.32 Å². The minimum atomic E-state index is -0.289. The van der Waals surface area contributed by atoms with Gasteiger partial charge in [0.2, 0.25) is 0 Å². The van der Waals surface area contributed by atoms with Gasteiger partial charge in [-0.15, -0.1) is 0 Å². The molecule has 0 bridgehead atoms. The predicted octanol–water partition coefficient (Wildman–Crippen LogP) is 2.23. The van der Waals surface area contributed by atoms with E-state index in [9.17, 15) is 4.79 Å². The second-order valence-corrected chi connectivity index (χ2v) is 5.20. The molecule has 4 nitrogen and oxygen atoms in total. The molecular weight excluding hydrogens is 240 g/mol. The molecule has 1 saturated heterocycles. The van der Waals surface area contributed by atoms with Crippen LogP contribution in [-0.4, -0.2) is 44.7 Å². The van der Waals surface area contributed by atoms with Gasteiger partial charge in [0, 0.05) is 12.2 Å². The van der Waals surface area contributed by atoms with Crippen molar-refractivity contribution in [1.29, 1.82) is 0 Å². The third kappa shape index (κ3) is 3.96. The van der Waals surface area contributed by atoms with Gasteiger partial charge in [0.05, 0.1) is 12.7 Å². The summed E-state index contributed by atoms with van der Waals surface area (Å²) in [5.74, 6) is 0.431. The molecule has 0 radical (unpaired) electrons. The molecule has 19 heavy (non-hydrogen) atoms. The summed E-state index contributed by atoms with van der Waals surface area (Å²) in [6.45, 7) is 3.32. The molecule has 0 spiro atoms. The predicted molar refractivity (Wildman–Crippen MR) is 76.5 cm³/mol. The highest BCUT2D eigenvalue weighted by Gasteiger charge is 2.16. The third-order valence-corrected chi connectivity index (χ3v) is 3.72. The van der Waals surface area contributed by atoms with Crippen molar-refractivity contribution in [2.45, 2.75) is 12.8 Å². The first kappa shape index (κ1) is 13.9. The van der Waals surface area contributed by atoms with Crippen LogP contribution in [0.25, 0.3) is 0 Å². The molecule has 0 amide bonds. The molecule has 1 aromatic rings. The summed E-state index contributed by atoms with van der Waals surface area (Å²) in [5, 5.41) is 3.42. The summed E-state index contributed by atoms with van der Waals surface area (Å²) in [7, 11) is 3.57. The number of methoxy groups -OCH3 is 1. The second kappa shape index (κ2) is 6.57. The van der Waals surface area contributed by atoms with Crippen LogP contribution in [0, 0.1) is 5.92 Å². The van der Waals surface area contributed by atoms with Crippen molar-refractivity contribution in [2.75, 3.05) is 39.1 Å². The fourth-order valence-electron chi connectivity index (χ4n) is 2.40. The largest absolute Gasteiger partial charge is 0.465 e. The van der Waals surface area contributed by atoms with Crippen molar-refractivity contribution in [3.05, 3.63) is 29.8 Å². The smallest absolute Gasteiger partial charge is 0.337 e. The lowest BCUT2D eigenvalue weighted by Gasteiger charge is -2.29. The number of hydrogen-bond donors (Lipinski definition) is 1. The van der Waals surface area contributed by atoms with E-state index in [0.717, 1.165) is 18.2 Å². The molecule has 0 aromatic heterocycles. The van der Waals surface area contributed by atoms with Crippen molar-refractivity contribution in [1.82, 2.24) is 4.90 Å². The van der Waals surface area contributed by atoms with E-state index in [4.69, 9.17) is 4.74 Å². The van der Waals surface area contributed by atoms with Gasteiger partial charge in [-0.05, 0) is 57.1 Å². The summed E-state index contributed by atoms with van der Waals surface area (Å²) in [6.07, 6.45) is 2.47. The van der Waals surface area contributed by atoms with Gasteiger partial charge >= 0.3 is 5.97 Å². The summed E-state index contributed by atoms with van der Waals surface area (Å²) < 4.78 is 4.73. The number of nitrogens with one attached hydrogen (secondary N) is 1. The van der Waals surface area contributed by atoms with Crippen LogP contribution in [0.2, 0.25) is 0 Å². The summed E-state index contributed by atoms with van der Waals surface area (Å²) in [6, 6.07) is 7.48. The molecule has 1 aliphatic heterocycles. The number of hydrogen-bond acceptors (Lipinski definition) is 4. The van der Waals surface area contributed by atoms with Crippen molar-refractivity contribution in [3.8, 4) is 0 Å². The van der Waals surface area contributed by atoms with E-state index < -0.39 is 0 Å². The molecule has 1 fully saturated rings. The number of anilines is 1. The van der Waals surface area contributed by atoms with Gasteiger partial charge in [-0.3, -0.25) is 0 Å². The van der Waals surface area contributed by atoms with E-state index in [0.29, 0.717) is 5.56 Å². The summed E-state index contributed by atoms with van der Waals surface area (Å²) in [5.41, 5.74) is 1.58. The van der Waals surface area contributed by atoms with Gasteiger partial charge in [0.25, 0.3) is 0 Å². The number of ether oxygens (including phenoxy) is 1. The Hall–Kier alpha value is -1.55. The average molecular weight is 262 g/mol. The minimum absolute atomic E-state index is 0.289. The van der Waals surface area contributed by atoms with E-state index >= 15 is 0 Å². The van der Waals surface area contributed by atoms with Gasteiger partial charge in [-0.1, -0.05) is 6.07 Å². The molecule has 4 heteroatoms. The molecule has 2 rings (SSSR count). The first-order valence-corrected chi connectivity index (χ1v) is 6.80. The standard InChI is InChI=1S/C15H22N2O2/c1-17-8-6-12(7-9-17)11-16-14-5-3-4-13(10-14)15(18)19-2/h3-5,10,12,16H,6-9,11H2,1-2H3. The first-order chi connectivity index (χ1) is 9.19. The Morgan fingerprint density at radius 2 is 2.16 bits per heavy atom. The monoisotopic (exact) mass is 262 g/mol. The Morgan fingerprint density at radius 3 is 2.84 bits per heavy atom. The Morgan fingerprint density at radius 1 is 1.42 bits per heavy atom. The van der Waals surface area contributed by atoms with E-state index in [1.165, 1.54) is 33.0 Å². The lowest BCUT2D eigenvalue weighted by atomic mass is 9.97. The molecule has 0 atom stereocenters. The Balaban J connectivity index is 1.87. The normalized spacial score (nSPS) is 17.2. The molecule has 1 aliphatic rings. The zero-order valence-corrected chi connectivity index (χ0v) is 11.7. The Kier molecular flexibility index (Phi) is 4.80. The average Bonchev–Trinajstić information content (AvgIpc) is 2.46. The number of rotatable bonds is 4. The molecule has 1 heterocycles. The number of esters is 1. The lowest BCUT2D eigenvalue weighted by Crippen LogP contribution is -2.32.